The van der Waals surface area contributed by atoms with E-state index in [0.717, 1.165) is 24.3 Å². The first-order valence-electron chi connectivity index (χ1n) is 12.6. The van der Waals surface area contributed by atoms with Crippen LogP contribution in [0.15, 0.2) is 42.5 Å². The Balaban J connectivity index is 1.23. The highest BCUT2D eigenvalue weighted by Crippen LogP contribution is 2.32. The van der Waals surface area contributed by atoms with E-state index in [-0.39, 0.29) is 24.1 Å². The second kappa shape index (κ2) is 10.2. The van der Waals surface area contributed by atoms with Gasteiger partial charge in [0, 0.05) is 31.1 Å². The molecule has 1 aliphatic carbocycles. The van der Waals surface area contributed by atoms with Gasteiger partial charge in [0.05, 0.1) is 7.11 Å². The van der Waals surface area contributed by atoms with Gasteiger partial charge in [0.25, 0.3) is 5.91 Å². The topological polar surface area (TPSA) is 87.7 Å². The Labute approximate surface area is 206 Å². The van der Waals surface area contributed by atoms with Gasteiger partial charge in [-0.15, -0.1) is 0 Å². The van der Waals surface area contributed by atoms with Gasteiger partial charge in [-0.1, -0.05) is 37.1 Å². The molecule has 1 unspecified atom stereocenters. The Morgan fingerprint density at radius 1 is 1.00 bits per heavy atom. The van der Waals surface area contributed by atoms with Gasteiger partial charge in [-0.3, -0.25) is 19.7 Å². The number of fused-ring (bicyclic) bond motifs is 1. The molecule has 1 saturated carbocycles. The highest BCUT2D eigenvalue weighted by molar-refractivity contribution is 6.05. The molecule has 2 aromatic rings. The van der Waals surface area contributed by atoms with E-state index in [1.807, 2.05) is 18.2 Å². The molecule has 0 bridgehead atoms. The maximum Gasteiger partial charge on any atom is 0.255 e. The van der Waals surface area contributed by atoms with Crippen LogP contribution in [-0.4, -0.2) is 41.8 Å². The summed E-state index contributed by atoms with van der Waals surface area (Å²) in [5, 5.41) is 6.16. The molecule has 2 heterocycles. The number of rotatable bonds is 7. The van der Waals surface area contributed by atoms with Crippen molar-refractivity contribution < 1.29 is 19.1 Å². The van der Waals surface area contributed by atoms with Crippen LogP contribution in [0, 0.1) is 5.92 Å². The van der Waals surface area contributed by atoms with Crippen LogP contribution >= 0.6 is 0 Å². The Morgan fingerprint density at radius 3 is 2.54 bits per heavy atom. The Kier molecular flexibility index (Phi) is 6.86. The van der Waals surface area contributed by atoms with Crippen molar-refractivity contribution in [3.05, 3.63) is 64.7 Å². The molecule has 2 aliphatic heterocycles. The highest BCUT2D eigenvalue weighted by atomic mass is 16.5. The Hall–Kier alpha value is -3.19. The molecule has 2 fully saturated rings. The van der Waals surface area contributed by atoms with Crippen molar-refractivity contribution in [1.29, 1.82) is 0 Å². The number of carbonyl (C=O) groups excluding carboxylic acids is 3. The summed E-state index contributed by atoms with van der Waals surface area (Å²) in [7, 11) is 1.68. The second-order valence-electron chi connectivity index (χ2n) is 9.98. The molecule has 5 rings (SSSR count). The fourth-order valence-corrected chi connectivity index (χ4v) is 5.77. The minimum Gasteiger partial charge on any atom is -0.497 e. The van der Waals surface area contributed by atoms with Crippen molar-refractivity contribution in [2.24, 2.45) is 5.92 Å². The molecular formula is C28H33N3O4. The first kappa shape index (κ1) is 23.5. The maximum absolute atomic E-state index is 13.0. The van der Waals surface area contributed by atoms with Crippen molar-refractivity contribution in [3.63, 3.8) is 0 Å². The molecule has 7 nitrogen and oxygen atoms in total. The average Bonchev–Trinajstić information content (AvgIpc) is 3.19. The van der Waals surface area contributed by atoms with Crippen LogP contribution in [0.5, 0.6) is 5.75 Å². The quantitative estimate of drug-likeness (QED) is 0.600. The number of hydrogen-bond acceptors (Lipinski definition) is 5. The molecule has 184 valence electrons. The third-order valence-corrected chi connectivity index (χ3v) is 7.72. The molecule has 0 aromatic heterocycles. The van der Waals surface area contributed by atoms with Gasteiger partial charge in [-0.2, -0.15) is 0 Å². The number of ether oxygens (including phenoxy) is 1. The van der Waals surface area contributed by atoms with E-state index in [1.54, 1.807) is 12.0 Å². The minimum atomic E-state index is -0.569. The smallest absolute Gasteiger partial charge is 0.255 e. The number of nitrogens with zero attached hydrogens (tertiary/aromatic N) is 1. The van der Waals surface area contributed by atoms with Crippen LogP contribution < -0.4 is 15.4 Å². The molecular weight excluding hydrogens is 442 g/mol. The number of carbonyl (C=O) groups is 3. The fraction of sp³-hybridized carbons (Fsp3) is 0.464. The molecule has 1 saturated heterocycles. The third-order valence-electron chi connectivity index (χ3n) is 7.72. The first-order chi connectivity index (χ1) is 17.0. The number of nitrogens with one attached hydrogen (secondary N) is 2. The molecule has 3 atom stereocenters. The standard InChI is InChI=1S/C28H33N3O4/c1-35-22-9-6-18(7-10-22)16-29-24-5-3-2-4-20(24)14-19-8-11-23-21(15-19)17-31(28(23)34)25-12-13-26(32)30-27(25)33/h6-11,15,20,24-25,29H,2-5,12-14,16-17H2,1H3,(H,30,32,33)/t20-,24+,25?/m1/s1. The number of imide groups is 1. The van der Waals surface area contributed by atoms with E-state index in [9.17, 15) is 14.4 Å². The molecule has 35 heavy (non-hydrogen) atoms. The molecule has 3 amide bonds. The van der Waals surface area contributed by atoms with E-state index >= 15 is 0 Å². The van der Waals surface area contributed by atoms with Crippen LogP contribution in [-0.2, 0) is 29.1 Å². The van der Waals surface area contributed by atoms with Crippen molar-refractivity contribution >= 4 is 17.7 Å². The third kappa shape index (κ3) is 5.10. The molecule has 3 aliphatic rings. The molecule has 0 spiro atoms. The number of amides is 3. The zero-order valence-electron chi connectivity index (χ0n) is 20.2. The number of benzene rings is 2. The molecule has 0 radical (unpaired) electrons. The van der Waals surface area contributed by atoms with Crippen LogP contribution in [0.2, 0.25) is 0 Å². The SMILES string of the molecule is COc1ccc(CN[C@H]2CCCC[C@@H]2Cc2ccc3c(c2)CN(C2CCC(=O)NC2=O)C3=O)cc1. The van der Waals surface area contributed by atoms with Crippen molar-refractivity contribution in [2.45, 2.75) is 70.1 Å². The van der Waals surface area contributed by atoms with E-state index in [1.165, 1.54) is 36.8 Å². The molecule has 2 aromatic carbocycles. The number of piperidine rings is 1. The van der Waals surface area contributed by atoms with Gasteiger partial charge in [0.1, 0.15) is 11.8 Å². The van der Waals surface area contributed by atoms with Gasteiger partial charge in [0.15, 0.2) is 0 Å². The summed E-state index contributed by atoms with van der Waals surface area (Å²) in [5.41, 5.74) is 4.15. The number of hydrogen-bond donors (Lipinski definition) is 2. The van der Waals surface area contributed by atoms with E-state index in [4.69, 9.17) is 4.74 Å². The van der Waals surface area contributed by atoms with Crippen molar-refractivity contribution in [2.75, 3.05) is 7.11 Å². The van der Waals surface area contributed by atoms with Gasteiger partial charge >= 0.3 is 0 Å². The van der Waals surface area contributed by atoms with Crippen LogP contribution in [0.1, 0.15) is 65.6 Å². The normalized spacial score (nSPS) is 24.3. The van der Waals surface area contributed by atoms with Crippen LogP contribution in [0.4, 0.5) is 0 Å². The predicted molar refractivity (Wildman–Crippen MR) is 132 cm³/mol. The summed E-state index contributed by atoms with van der Waals surface area (Å²) in [6.45, 7) is 1.27. The Bertz CT molecular complexity index is 1110. The highest BCUT2D eigenvalue weighted by Gasteiger charge is 2.39. The largest absolute Gasteiger partial charge is 0.497 e. The van der Waals surface area contributed by atoms with Crippen molar-refractivity contribution in [1.82, 2.24) is 15.5 Å². The van der Waals surface area contributed by atoms with E-state index in [0.29, 0.717) is 30.5 Å². The van der Waals surface area contributed by atoms with Crippen molar-refractivity contribution in [3.8, 4) is 5.75 Å². The molecule has 7 heteroatoms. The zero-order chi connectivity index (χ0) is 24.4. The van der Waals surface area contributed by atoms with E-state index in [2.05, 4.69) is 34.9 Å². The van der Waals surface area contributed by atoms with Gasteiger partial charge in [-0.25, -0.2) is 0 Å². The van der Waals surface area contributed by atoms with Gasteiger partial charge in [-0.05, 0) is 66.5 Å². The second-order valence-corrected chi connectivity index (χ2v) is 9.98. The predicted octanol–water partition coefficient (Wildman–Crippen LogP) is 3.35. The lowest BCUT2D eigenvalue weighted by Gasteiger charge is -2.33. The van der Waals surface area contributed by atoms with Crippen LogP contribution in [0.3, 0.4) is 0 Å². The summed E-state index contributed by atoms with van der Waals surface area (Å²) in [6.07, 6.45) is 6.50. The summed E-state index contributed by atoms with van der Waals surface area (Å²) in [5.74, 6) is 0.674. The Morgan fingerprint density at radius 2 is 1.77 bits per heavy atom. The monoisotopic (exact) mass is 475 g/mol. The van der Waals surface area contributed by atoms with Gasteiger partial charge in [0.2, 0.25) is 11.8 Å². The zero-order valence-corrected chi connectivity index (χ0v) is 20.2. The summed E-state index contributed by atoms with van der Waals surface area (Å²) in [6, 6.07) is 14.2. The summed E-state index contributed by atoms with van der Waals surface area (Å²) >= 11 is 0. The van der Waals surface area contributed by atoms with Gasteiger partial charge < -0.3 is 15.0 Å². The minimum absolute atomic E-state index is 0.113. The molecule has 2 N–H and O–H groups in total. The fourth-order valence-electron chi connectivity index (χ4n) is 5.77. The maximum atomic E-state index is 13.0. The summed E-state index contributed by atoms with van der Waals surface area (Å²) < 4.78 is 5.26. The lowest BCUT2D eigenvalue weighted by Crippen LogP contribution is -2.52. The average molecular weight is 476 g/mol. The number of methoxy groups -OCH3 is 1. The first-order valence-corrected chi connectivity index (χ1v) is 12.6. The lowest BCUT2D eigenvalue weighted by atomic mass is 9.80. The van der Waals surface area contributed by atoms with E-state index < -0.39 is 6.04 Å². The lowest BCUT2D eigenvalue weighted by molar-refractivity contribution is -0.136. The van der Waals surface area contributed by atoms with Crippen LogP contribution in [0.25, 0.3) is 0 Å². The summed E-state index contributed by atoms with van der Waals surface area (Å²) in [4.78, 5) is 38.4.